The van der Waals surface area contributed by atoms with Crippen molar-refractivity contribution in [2.45, 2.75) is 90.9 Å². The van der Waals surface area contributed by atoms with Crippen molar-refractivity contribution < 1.29 is 23.4 Å². The van der Waals surface area contributed by atoms with Gasteiger partial charge in [0.1, 0.15) is 5.82 Å². The largest absolute Gasteiger partial charge is 0.463 e. The molecule has 1 saturated heterocycles. The standard InChI is InChI=1S/C25H34FNO4/c1-6-20-11-12-23(18-7-9-19(26)10-8-18)27(20)14-13-21-15-22(31-25(4,5)30-21)16-24(28)29-17(2)3/h7-12,17,21-22H,6,13-16H2,1-5H3/t21-,22-/m1/s1. The van der Waals surface area contributed by atoms with Gasteiger partial charge in [0, 0.05) is 24.4 Å². The van der Waals surface area contributed by atoms with Gasteiger partial charge < -0.3 is 18.8 Å². The van der Waals surface area contributed by atoms with Crippen LogP contribution in [0, 0.1) is 5.82 Å². The quantitative estimate of drug-likeness (QED) is 0.518. The number of aryl methyl sites for hydroxylation is 1. The molecule has 1 aromatic carbocycles. The maximum absolute atomic E-state index is 13.4. The fourth-order valence-corrected chi connectivity index (χ4v) is 4.25. The van der Waals surface area contributed by atoms with Crippen LogP contribution in [0.5, 0.6) is 0 Å². The van der Waals surface area contributed by atoms with E-state index in [1.54, 1.807) is 0 Å². The van der Waals surface area contributed by atoms with Gasteiger partial charge in [-0.1, -0.05) is 6.92 Å². The van der Waals surface area contributed by atoms with Crippen LogP contribution in [0.2, 0.25) is 0 Å². The summed E-state index contributed by atoms with van der Waals surface area (Å²) < 4.78 is 33.1. The minimum absolute atomic E-state index is 0.0335. The molecule has 1 fully saturated rings. The van der Waals surface area contributed by atoms with E-state index in [0.717, 1.165) is 30.6 Å². The first-order valence-electron chi connectivity index (χ1n) is 11.2. The Balaban J connectivity index is 1.70. The van der Waals surface area contributed by atoms with Gasteiger partial charge in [0.25, 0.3) is 0 Å². The zero-order chi connectivity index (χ0) is 22.6. The second-order valence-corrected chi connectivity index (χ2v) is 8.87. The summed E-state index contributed by atoms with van der Waals surface area (Å²) in [6.07, 6.45) is 2.17. The molecule has 0 unspecified atom stereocenters. The van der Waals surface area contributed by atoms with Crippen molar-refractivity contribution >= 4 is 5.97 Å². The third kappa shape index (κ3) is 6.40. The number of carbonyl (C=O) groups excluding carboxylic acids is 1. The third-order valence-corrected chi connectivity index (χ3v) is 5.44. The molecule has 0 spiro atoms. The summed E-state index contributed by atoms with van der Waals surface area (Å²) in [7, 11) is 0. The summed E-state index contributed by atoms with van der Waals surface area (Å²) in [5.74, 6) is -1.23. The molecular formula is C25H34FNO4. The van der Waals surface area contributed by atoms with Gasteiger partial charge in [0.05, 0.1) is 24.7 Å². The van der Waals surface area contributed by atoms with Gasteiger partial charge in [-0.25, -0.2) is 4.39 Å². The van der Waals surface area contributed by atoms with Crippen LogP contribution in [0.4, 0.5) is 4.39 Å². The monoisotopic (exact) mass is 431 g/mol. The number of hydrogen-bond donors (Lipinski definition) is 0. The number of ether oxygens (including phenoxy) is 3. The van der Waals surface area contributed by atoms with Crippen LogP contribution in [-0.2, 0) is 32.0 Å². The molecular weight excluding hydrogens is 397 g/mol. The first-order valence-corrected chi connectivity index (χ1v) is 11.2. The Morgan fingerprint density at radius 1 is 1.16 bits per heavy atom. The summed E-state index contributed by atoms with van der Waals surface area (Å²) in [5, 5.41) is 0. The number of esters is 1. The topological polar surface area (TPSA) is 49.7 Å². The molecule has 5 nitrogen and oxygen atoms in total. The Labute approximate surface area is 184 Å². The SMILES string of the molecule is CCc1ccc(-c2ccc(F)cc2)n1CC[C@@H]1C[C@H](CC(=O)OC(C)C)OC(C)(C)O1. The lowest BCUT2D eigenvalue weighted by Gasteiger charge is -2.40. The van der Waals surface area contributed by atoms with E-state index < -0.39 is 5.79 Å². The van der Waals surface area contributed by atoms with Crippen molar-refractivity contribution in [3.05, 3.63) is 47.9 Å². The van der Waals surface area contributed by atoms with E-state index in [4.69, 9.17) is 14.2 Å². The molecule has 0 saturated carbocycles. The van der Waals surface area contributed by atoms with Crippen LogP contribution in [0.3, 0.4) is 0 Å². The van der Waals surface area contributed by atoms with Crippen molar-refractivity contribution in [1.29, 1.82) is 0 Å². The van der Waals surface area contributed by atoms with Crippen LogP contribution in [0.15, 0.2) is 36.4 Å². The van der Waals surface area contributed by atoms with E-state index >= 15 is 0 Å². The number of rotatable bonds is 8. The Morgan fingerprint density at radius 2 is 1.84 bits per heavy atom. The van der Waals surface area contributed by atoms with Gasteiger partial charge in [-0.3, -0.25) is 4.79 Å². The van der Waals surface area contributed by atoms with Crippen LogP contribution in [-0.4, -0.2) is 34.6 Å². The molecule has 0 aliphatic carbocycles. The normalized spacial score (nSPS) is 20.7. The number of aromatic nitrogens is 1. The summed E-state index contributed by atoms with van der Waals surface area (Å²) >= 11 is 0. The molecule has 0 amide bonds. The lowest BCUT2D eigenvalue weighted by molar-refractivity contribution is -0.301. The maximum Gasteiger partial charge on any atom is 0.308 e. The van der Waals surface area contributed by atoms with Crippen molar-refractivity contribution in [2.24, 2.45) is 0 Å². The van der Waals surface area contributed by atoms with E-state index in [-0.39, 0.29) is 36.5 Å². The van der Waals surface area contributed by atoms with E-state index in [1.807, 2.05) is 39.8 Å². The first kappa shape index (κ1) is 23.5. The Bertz CT molecular complexity index is 872. The van der Waals surface area contributed by atoms with Gasteiger partial charge >= 0.3 is 5.97 Å². The van der Waals surface area contributed by atoms with Crippen molar-refractivity contribution in [3.63, 3.8) is 0 Å². The first-order chi connectivity index (χ1) is 14.7. The maximum atomic E-state index is 13.4. The van der Waals surface area contributed by atoms with Gasteiger partial charge in [-0.2, -0.15) is 0 Å². The molecule has 0 radical (unpaired) electrons. The fraction of sp³-hybridized carbons (Fsp3) is 0.560. The molecule has 2 aromatic rings. The van der Waals surface area contributed by atoms with Crippen LogP contribution in [0.1, 0.15) is 59.6 Å². The average Bonchev–Trinajstić information content (AvgIpc) is 3.08. The molecule has 6 heteroatoms. The van der Waals surface area contributed by atoms with Gasteiger partial charge in [-0.15, -0.1) is 0 Å². The molecule has 1 aliphatic heterocycles. The van der Waals surface area contributed by atoms with Crippen molar-refractivity contribution in [2.75, 3.05) is 0 Å². The highest BCUT2D eigenvalue weighted by Crippen LogP contribution is 2.31. The lowest BCUT2D eigenvalue weighted by atomic mass is 10.0. The minimum atomic E-state index is -0.754. The molecule has 1 aliphatic rings. The number of halogens is 1. The Hall–Kier alpha value is -2.18. The number of carbonyl (C=O) groups is 1. The predicted molar refractivity (Wildman–Crippen MR) is 118 cm³/mol. The van der Waals surface area contributed by atoms with E-state index in [0.29, 0.717) is 6.42 Å². The third-order valence-electron chi connectivity index (χ3n) is 5.44. The molecule has 170 valence electrons. The molecule has 3 rings (SSSR count). The van der Waals surface area contributed by atoms with Crippen LogP contribution in [0.25, 0.3) is 11.3 Å². The van der Waals surface area contributed by atoms with E-state index in [2.05, 4.69) is 23.6 Å². The molecule has 2 atom stereocenters. The van der Waals surface area contributed by atoms with Crippen molar-refractivity contribution in [1.82, 2.24) is 4.57 Å². The molecule has 31 heavy (non-hydrogen) atoms. The van der Waals surface area contributed by atoms with Crippen LogP contribution < -0.4 is 0 Å². The number of hydrogen-bond acceptors (Lipinski definition) is 4. The smallest absolute Gasteiger partial charge is 0.308 e. The highest BCUT2D eigenvalue weighted by molar-refractivity contribution is 5.70. The summed E-state index contributed by atoms with van der Waals surface area (Å²) in [5.41, 5.74) is 3.28. The predicted octanol–water partition coefficient (Wildman–Crippen LogP) is 5.50. The number of nitrogens with zero attached hydrogens (tertiary/aromatic N) is 1. The highest BCUT2D eigenvalue weighted by Gasteiger charge is 2.36. The molecule has 2 heterocycles. The van der Waals surface area contributed by atoms with Gasteiger partial charge in [0.2, 0.25) is 0 Å². The van der Waals surface area contributed by atoms with E-state index in [9.17, 15) is 9.18 Å². The fourth-order valence-electron chi connectivity index (χ4n) is 4.25. The Kier molecular flexibility index (Phi) is 7.55. The summed E-state index contributed by atoms with van der Waals surface area (Å²) in [6, 6.07) is 10.8. The van der Waals surface area contributed by atoms with E-state index in [1.165, 1.54) is 17.8 Å². The Morgan fingerprint density at radius 3 is 2.48 bits per heavy atom. The zero-order valence-electron chi connectivity index (χ0n) is 19.2. The minimum Gasteiger partial charge on any atom is -0.463 e. The number of benzene rings is 1. The summed E-state index contributed by atoms with van der Waals surface area (Å²) in [6.45, 7) is 10.4. The molecule has 1 aromatic heterocycles. The second-order valence-electron chi connectivity index (χ2n) is 8.87. The molecule has 0 N–H and O–H groups in total. The lowest BCUT2D eigenvalue weighted by Crippen LogP contribution is -2.45. The van der Waals surface area contributed by atoms with Gasteiger partial charge in [0.15, 0.2) is 5.79 Å². The second kappa shape index (κ2) is 9.96. The highest BCUT2D eigenvalue weighted by atomic mass is 19.1. The van der Waals surface area contributed by atoms with Crippen LogP contribution >= 0.6 is 0 Å². The van der Waals surface area contributed by atoms with Gasteiger partial charge in [-0.05, 0) is 82.5 Å². The van der Waals surface area contributed by atoms with Crippen molar-refractivity contribution in [3.8, 4) is 11.3 Å². The average molecular weight is 432 g/mol. The molecule has 0 bridgehead atoms. The zero-order valence-corrected chi connectivity index (χ0v) is 19.2. The summed E-state index contributed by atoms with van der Waals surface area (Å²) in [4.78, 5) is 12.1.